The van der Waals surface area contributed by atoms with Crippen molar-refractivity contribution in [3.05, 3.63) is 0 Å². The molecule has 21 heavy (non-hydrogen) atoms. The molecule has 1 N–H and O–H groups in total. The van der Waals surface area contributed by atoms with E-state index in [2.05, 4.69) is 5.32 Å². The van der Waals surface area contributed by atoms with Crippen LogP contribution in [-0.2, 0) is 14.3 Å². The van der Waals surface area contributed by atoms with E-state index in [9.17, 15) is 9.59 Å². The zero-order valence-corrected chi connectivity index (χ0v) is 12.9. The van der Waals surface area contributed by atoms with E-state index in [0.717, 1.165) is 31.8 Å². The molecule has 0 aromatic carbocycles. The van der Waals surface area contributed by atoms with Crippen LogP contribution in [0.4, 0.5) is 0 Å². The zero-order chi connectivity index (χ0) is 14.9. The van der Waals surface area contributed by atoms with E-state index >= 15 is 0 Å². The highest BCUT2D eigenvalue weighted by molar-refractivity contribution is 5.93. The van der Waals surface area contributed by atoms with Gasteiger partial charge in [0.25, 0.3) is 0 Å². The van der Waals surface area contributed by atoms with Crippen LogP contribution >= 0.6 is 0 Å². The van der Waals surface area contributed by atoms with Gasteiger partial charge in [0.2, 0.25) is 11.8 Å². The molecule has 1 atom stereocenters. The Labute approximate surface area is 126 Å². The molecule has 3 fully saturated rings. The molecule has 2 saturated carbocycles. The van der Waals surface area contributed by atoms with Crippen LogP contribution in [0.1, 0.15) is 45.4 Å². The Morgan fingerprint density at radius 2 is 2.05 bits per heavy atom. The Hall–Kier alpha value is -1.10. The lowest BCUT2D eigenvalue weighted by molar-refractivity contribution is -0.139. The number of rotatable bonds is 7. The van der Waals surface area contributed by atoms with Crippen LogP contribution in [0.5, 0.6) is 0 Å². The van der Waals surface area contributed by atoms with Crippen LogP contribution in [0.3, 0.4) is 0 Å². The third kappa shape index (κ3) is 3.57. The minimum Gasteiger partial charge on any atom is -0.381 e. The van der Waals surface area contributed by atoms with E-state index < -0.39 is 5.54 Å². The molecule has 0 spiro atoms. The minimum atomic E-state index is -0.678. The highest BCUT2D eigenvalue weighted by atomic mass is 16.5. The molecule has 2 aliphatic carbocycles. The van der Waals surface area contributed by atoms with Crippen LogP contribution in [0, 0.1) is 11.8 Å². The minimum absolute atomic E-state index is 0.00485. The van der Waals surface area contributed by atoms with Crippen LogP contribution < -0.4 is 5.32 Å². The van der Waals surface area contributed by atoms with E-state index in [-0.39, 0.29) is 11.8 Å². The van der Waals surface area contributed by atoms with Crippen molar-refractivity contribution in [1.29, 1.82) is 0 Å². The van der Waals surface area contributed by atoms with Gasteiger partial charge in [-0.15, -0.1) is 0 Å². The Bertz CT molecular complexity index is 418. The van der Waals surface area contributed by atoms with Gasteiger partial charge in [-0.05, 0) is 50.9 Å². The van der Waals surface area contributed by atoms with Crippen molar-refractivity contribution in [3.63, 3.8) is 0 Å². The quantitative estimate of drug-likeness (QED) is 0.721. The maximum absolute atomic E-state index is 12.7. The van der Waals surface area contributed by atoms with Crippen molar-refractivity contribution in [2.75, 3.05) is 26.3 Å². The molecule has 1 unspecified atom stereocenters. The average Bonchev–Trinajstić information content (AvgIpc) is 3.30. The largest absolute Gasteiger partial charge is 0.381 e. The number of carbonyl (C=O) groups excluding carboxylic acids is 2. The van der Waals surface area contributed by atoms with E-state index in [4.69, 9.17) is 4.74 Å². The Morgan fingerprint density at radius 1 is 1.29 bits per heavy atom. The van der Waals surface area contributed by atoms with Crippen molar-refractivity contribution < 1.29 is 14.3 Å². The van der Waals surface area contributed by atoms with Crippen molar-refractivity contribution in [3.8, 4) is 0 Å². The molecule has 3 rings (SSSR count). The molecule has 0 aromatic rings. The topological polar surface area (TPSA) is 58.6 Å². The second-order valence-electron chi connectivity index (χ2n) is 6.94. The smallest absolute Gasteiger partial charge is 0.248 e. The molecule has 1 aliphatic heterocycles. The molecule has 1 heterocycles. The highest BCUT2D eigenvalue weighted by Gasteiger charge is 2.50. The normalized spacial score (nSPS) is 30.2. The van der Waals surface area contributed by atoms with E-state index in [1.54, 1.807) is 0 Å². The number of hydrogen-bond acceptors (Lipinski definition) is 3. The number of nitrogens with one attached hydrogen (secondary N) is 1. The highest BCUT2D eigenvalue weighted by Crippen LogP contribution is 2.41. The van der Waals surface area contributed by atoms with E-state index in [0.29, 0.717) is 32.0 Å². The molecule has 118 valence electrons. The average molecular weight is 294 g/mol. The predicted molar refractivity (Wildman–Crippen MR) is 78.6 cm³/mol. The third-order valence-electron chi connectivity index (χ3n) is 4.90. The summed E-state index contributed by atoms with van der Waals surface area (Å²) in [7, 11) is 0. The van der Waals surface area contributed by atoms with Gasteiger partial charge in [0.1, 0.15) is 5.54 Å². The Morgan fingerprint density at radius 3 is 2.71 bits per heavy atom. The summed E-state index contributed by atoms with van der Waals surface area (Å²) in [5.74, 6) is 1.20. The van der Waals surface area contributed by atoms with Crippen LogP contribution in [0.15, 0.2) is 0 Å². The SMILES string of the molecule is CC1(C2CC2)NC(=O)CCN(CCCOCC2CC2)C1=O. The maximum atomic E-state index is 12.7. The number of ether oxygens (including phenoxy) is 1. The fraction of sp³-hybridized carbons (Fsp3) is 0.875. The number of hydrogen-bond donors (Lipinski definition) is 1. The van der Waals surface area contributed by atoms with Gasteiger partial charge in [0.15, 0.2) is 0 Å². The second-order valence-corrected chi connectivity index (χ2v) is 6.94. The summed E-state index contributed by atoms with van der Waals surface area (Å²) < 4.78 is 5.63. The summed E-state index contributed by atoms with van der Waals surface area (Å²) in [6.45, 7) is 4.71. The summed E-state index contributed by atoms with van der Waals surface area (Å²) in [6, 6.07) is 0. The summed E-state index contributed by atoms with van der Waals surface area (Å²) in [4.78, 5) is 26.5. The van der Waals surface area contributed by atoms with E-state index in [1.807, 2.05) is 11.8 Å². The first-order valence-electron chi connectivity index (χ1n) is 8.28. The molecule has 0 radical (unpaired) electrons. The van der Waals surface area contributed by atoms with Crippen molar-refractivity contribution in [1.82, 2.24) is 10.2 Å². The molecule has 0 bridgehead atoms. The van der Waals surface area contributed by atoms with Crippen LogP contribution in [0.2, 0.25) is 0 Å². The number of carbonyl (C=O) groups is 2. The van der Waals surface area contributed by atoms with Crippen molar-refractivity contribution >= 4 is 11.8 Å². The summed E-state index contributed by atoms with van der Waals surface area (Å²) in [5.41, 5.74) is -0.678. The zero-order valence-electron chi connectivity index (χ0n) is 12.9. The van der Waals surface area contributed by atoms with Gasteiger partial charge in [-0.25, -0.2) is 0 Å². The summed E-state index contributed by atoms with van der Waals surface area (Å²) in [6.07, 6.45) is 5.96. The van der Waals surface area contributed by atoms with Gasteiger partial charge < -0.3 is 15.0 Å². The van der Waals surface area contributed by atoms with Gasteiger partial charge in [0.05, 0.1) is 0 Å². The molecule has 5 heteroatoms. The fourth-order valence-electron chi connectivity index (χ4n) is 3.11. The van der Waals surface area contributed by atoms with Gasteiger partial charge in [-0.1, -0.05) is 0 Å². The number of amides is 2. The summed E-state index contributed by atoms with van der Waals surface area (Å²) >= 11 is 0. The lowest BCUT2D eigenvalue weighted by Gasteiger charge is -2.32. The molecule has 1 saturated heterocycles. The first kappa shape index (κ1) is 14.8. The fourth-order valence-corrected chi connectivity index (χ4v) is 3.11. The monoisotopic (exact) mass is 294 g/mol. The van der Waals surface area contributed by atoms with Crippen molar-refractivity contribution in [2.24, 2.45) is 11.8 Å². The molecular formula is C16H26N2O3. The predicted octanol–water partition coefficient (Wildman–Crippen LogP) is 1.32. The molecule has 0 aromatic heterocycles. The lowest BCUT2D eigenvalue weighted by Crippen LogP contribution is -2.56. The van der Waals surface area contributed by atoms with Crippen molar-refractivity contribution in [2.45, 2.75) is 51.0 Å². The summed E-state index contributed by atoms with van der Waals surface area (Å²) in [5, 5.41) is 2.96. The maximum Gasteiger partial charge on any atom is 0.248 e. The molecule has 3 aliphatic rings. The number of nitrogens with zero attached hydrogens (tertiary/aromatic N) is 1. The van der Waals surface area contributed by atoms with Crippen LogP contribution in [0.25, 0.3) is 0 Å². The third-order valence-corrected chi connectivity index (χ3v) is 4.90. The Balaban J connectivity index is 1.50. The standard InChI is InChI=1S/C16H26N2O3/c1-16(13-5-6-13)15(20)18(9-7-14(19)17-16)8-2-10-21-11-12-3-4-12/h12-13H,2-11H2,1H3,(H,17,19). The van der Waals surface area contributed by atoms with Gasteiger partial charge in [-0.3, -0.25) is 9.59 Å². The Kier molecular flexibility index (Phi) is 4.20. The molecule has 2 amide bonds. The van der Waals surface area contributed by atoms with Gasteiger partial charge >= 0.3 is 0 Å². The first-order chi connectivity index (χ1) is 10.1. The van der Waals surface area contributed by atoms with E-state index in [1.165, 1.54) is 12.8 Å². The molecule has 5 nitrogen and oxygen atoms in total. The first-order valence-corrected chi connectivity index (χ1v) is 8.28. The van der Waals surface area contributed by atoms with Gasteiger partial charge in [-0.2, -0.15) is 0 Å². The van der Waals surface area contributed by atoms with Crippen LogP contribution in [-0.4, -0.2) is 48.6 Å². The van der Waals surface area contributed by atoms with Gasteiger partial charge in [0, 0.05) is 32.7 Å². The second kappa shape index (κ2) is 5.95. The lowest BCUT2D eigenvalue weighted by atomic mass is 9.94. The molecular weight excluding hydrogens is 268 g/mol.